The Balaban J connectivity index is 2.86. The van der Waals surface area contributed by atoms with Gasteiger partial charge in [0.25, 0.3) is 0 Å². The van der Waals surface area contributed by atoms with Crippen LogP contribution in [0.4, 0.5) is 0 Å². The highest BCUT2D eigenvalue weighted by Crippen LogP contribution is 1.91. The lowest BCUT2D eigenvalue weighted by molar-refractivity contribution is 0.546. The van der Waals surface area contributed by atoms with Crippen LogP contribution in [0.25, 0.3) is 0 Å². The largest absolute Gasteiger partial charge is 0.330 e. The van der Waals surface area contributed by atoms with Gasteiger partial charge in [-0.2, -0.15) is 0 Å². The van der Waals surface area contributed by atoms with Gasteiger partial charge in [0.1, 0.15) is 0 Å². The monoisotopic (exact) mass is 116 g/mol. The van der Waals surface area contributed by atoms with E-state index < -0.39 is 0 Å². The van der Waals surface area contributed by atoms with Gasteiger partial charge in [-0.05, 0) is 33.4 Å². The van der Waals surface area contributed by atoms with Crippen molar-refractivity contribution in [1.82, 2.24) is 5.32 Å². The fourth-order valence-corrected chi connectivity index (χ4v) is 0.568. The predicted molar refractivity (Wildman–Crippen MR) is 36.8 cm³/mol. The molecule has 0 amide bonds. The maximum Gasteiger partial charge on any atom is 0.00361 e. The van der Waals surface area contributed by atoms with Crippen LogP contribution in [0.5, 0.6) is 0 Å². The second-order valence-electron chi connectivity index (χ2n) is 2.12. The van der Waals surface area contributed by atoms with Crippen LogP contribution in [-0.4, -0.2) is 19.6 Å². The first kappa shape index (κ1) is 7.92. The molecule has 0 bridgehead atoms. The Kier molecular flexibility index (Phi) is 5.01. The molecule has 0 rings (SSSR count). The third-order valence-corrected chi connectivity index (χ3v) is 1.33. The Bertz CT molecular complexity index is 45.8. The molecule has 0 heterocycles. The van der Waals surface area contributed by atoms with Gasteiger partial charge in [-0.25, -0.2) is 0 Å². The SMILES string of the molecule is CNC(C)CCCN. The van der Waals surface area contributed by atoms with E-state index in [2.05, 4.69) is 12.2 Å². The van der Waals surface area contributed by atoms with Crippen molar-refractivity contribution in [3.63, 3.8) is 0 Å². The molecule has 0 saturated heterocycles. The number of hydrogen-bond acceptors (Lipinski definition) is 2. The molecule has 3 N–H and O–H groups in total. The third-order valence-electron chi connectivity index (χ3n) is 1.33. The predicted octanol–water partition coefficient (Wildman–Crippen LogP) is 0.333. The minimum absolute atomic E-state index is 0.624. The Hall–Kier alpha value is -0.0800. The maximum atomic E-state index is 5.30. The highest BCUT2D eigenvalue weighted by Gasteiger charge is 1.93. The van der Waals surface area contributed by atoms with Gasteiger partial charge in [0.2, 0.25) is 0 Å². The van der Waals surface area contributed by atoms with Crippen LogP contribution in [0.1, 0.15) is 19.8 Å². The molecule has 0 aliphatic rings. The minimum atomic E-state index is 0.624. The average molecular weight is 116 g/mol. The van der Waals surface area contributed by atoms with E-state index in [0.29, 0.717) is 6.04 Å². The second-order valence-corrected chi connectivity index (χ2v) is 2.12. The zero-order chi connectivity index (χ0) is 6.41. The van der Waals surface area contributed by atoms with Crippen molar-refractivity contribution < 1.29 is 0 Å². The molecule has 0 aliphatic heterocycles. The summed E-state index contributed by atoms with van der Waals surface area (Å²) in [5.41, 5.74) is 5.30. The zero-order valence-electron chi connectivity index (χ0n) is 5.78. The summed E-state index contributed by atoms with van der Waals surface area (Å²) in [6.45, 7) is 2.97. The summed E-state index contributed by atoms with van der Waals surface area (Å²) in [7, 11) is 1.97. The van der Waals surface area contributed by atoms with Crippen LogP contribution in [0.2, 0.25) is 0 Å². The molecule has 1 atom stereocenters. The summed E-state index contributed by atoms with van der Waals surface area (Å²) in [5.74, 6) is 0. The Labute approximate surface area is 51.5 Å². The van der Waals surface area contributed by atoms with Crippen LogP contribution in [0.15, 0.2) is 0 Å². The molecule has 0 radical (unpaired) electrons. The second kappa shape index (κ2) is 5.06. The molecule has 0 aromatic heterocycles. The molecule has 0 saturated carbocycles. The lowest BCUT2D eigenvalue weighted by Crippen LogP contribution is -2.21. The summed E-state index contributed by atoms with van der Waals surface area (Å²) in [6, 6.07) is 0.624. The standard InChI is InChI=1S/C6H16N2/c1-6(8-2)4-3-5-7/h6,8H,3-5,7H2,1-2H3. The molecule has 0 spiro atoms. The average Bonchev–Trinajstić information content (AvgIpc) is 1.83. The summed E-state index contributed by atoms with van der Waals surface area (Å²) in [6.07, 6.45) is 2.31. The van der Waals surface area contributed by atoms with Crippen LogP contribution in [-0.2, 0) is 0 Å². The van der Waals surface area contributed by atoms with Gasteiger partial charge >= 0.3 is 0 Å². The lowest BCUT2D eigenvalue weighted by Gasteiger charge is -2.06. The van der Waals surface area contributed by atoms with E-state index >= 15 is 0 Å². The summed E-state index contributed by atoms with van der Waals surface area (Å²) >= 11 is 0. The Morgan fingerprint density at radius 2 is 2.25 bits per heavy atom. The van der Waals surface area contributed by atoms with E-state index in [1.165, 1.54) is 6.42 Å². The van der Waals surface area contributed by atoms with Crippen molar-refractivity contribution in [3.8, 4) is 0 Å². The first-order valence-corrected chi connectivity index (χ1v) is 3.18. The van der Waals surface area contributed by atoms with Crippen LogP contribution < -0.4 is 11.1 Å². The van der Waals surface area contributed by atoms with Crippen molar-refractivity contribution in [2.75, 3.05) is 13.6 Å². The molecule has 0 aliphatic carbocycles. The molecule has 0 aromatic carbocycles. The van der Waals surface area contributed by atoms with Gasteiger partial charge in [0.15, 0.2) is 0 Å². The Morgan fingerprint density at radius 3 is 2.62 bits per heavy atom. The molecule has 1 unspecified atom stereocenters. The van der Waals surface area contributed by atoms with Crippen LogP contribution >= 0.6 is 0 Å². The number of nitrogens with one attached hydrogen (secondary N) is 1. The number of hydrogen-bond donors (Lipinski definition) is 2. The van der Waals surface area contributed by atoms with Crippen LogP contribution in [0, 0.1) is 0 Å². The molecule has 50 valence electrons. The molecular weight excluding hydrogens is 100 g/mol. The highest BCUT2D eigenvalue weighted by atomic mass is 14.8. The molecule has 0 aromatic rings. The summed E-state index contributed by atoms with van der Waals surface area (Å²) < 4.78 is 0. The van der Waals surface area contributed by atoms with Gasteiger partial charge in [-0.15, -0.1) is 0 Å². The van der Waals surface area contributed by atoms with E-state index in [1.54, 1.807) is 0 Å². The topological polar surface area (TPSA) is 38.0 Å². The number of nitrogens with two attached hydrogens (primary N) is 1. The molecule has 8 heavy (non-hydrogen) atoms. The quantitative estimate of drug-likeness (QED) is 0.555. The van der Waals surface area contributed by atoms with E-state index in [0.717, 1.165) is 13.0 Å². The van der Waals surface area contributed by atoms with Gasteiger partial charge < -0.3 is 11.1 Å². The van der Waals surface area contributed by atoms with Gasteiger partial charge in [-0.3, -0.25) is 0 Å². The highest BCUT2D eigenvalue weighted by molar-refractivity contribution is 4.55. The zero-order valence-corrected chi connectivity index (χ0v) is 5.78. The molecule has 0 fully saturated rings. The van der Waals surface area contributed by atoms with E-state index in [9.17, 15) is 0 Å². The fraction of sp³-hybridized carbons (Fsp3) is 1.00. The van der Waals surface area contributed by atoms with Crippen molar-refractivity contribution in [2.45, 2.75) is 25.8 Å². The van der Waals surface area contributed by atoms with Crippen molar-refractivity contribution >= 4 is 0 Å². The smallest absolute Gasteiger partial charge is 0.00361 e. The van der Waals surface area contributed by atoms with Gasteiger partial charge in [-0.1, -0.05) is 0 Å². The molecule has 2 nitrogen and oxygen atoms in total. The van der Waals surface area contributed by atoms with Gasteiger partial charge in [0, 0.05) is 6.04 Å². The van der Waals surface area contributed by atoms with Gasteiger partial charge in [0.05, 0.1) is 0 Å². The third kappa shape index (κ3) is 4.09. The minimum Gasteiger partial charge on any atom is -0.330 e. The van der Waals surface area contributed by atoms with Crippen molar-refractivity contribution in [3.05, 3.63) is 0 Å². The van der Waals surface area contributed by atoms with Crippen LogP contribution in [0.3, 0.4) is 0 Å². The van der Waals surface area contributed by atoms with E-state index in [4.69, 9.17) is 5.73 Å². The molecular formula is C6H16N2. The lowest BCUT2D eigenvalue weighted by atomic mass is 10.2. The van der Waals surface area contributed by atoms with Crippen molar-refractivity contribution in [1.29, 1.82) is 0 Å². The first-order valence-electron chi connectivity index (χ1n) is 3.18. The number of rotatable bonds is 4. The Morgan fingerprint density at radius 1 is 1.62 bits per heavy atom. The summed E-state index contributed by atoms with van der Waals surface area (Å²) in [5, 5.41) is 3.14. The maximum absolute atomic E-state index is 5.30. The van der Waals surface area contributed by atoms with E-state index in [1.807, 2.05) is 7.05 Å². The fourth-order valence-electron chi connectivity index (χ4n) is 0.568. The summed E-state index contributed by atoms with van der Waals surface area (Å²) in [4.78, 5) is 0. The first-order chi connectivity index (χ1) is 3.81. The molecule has 2 heteroatoms. The van der Waals surface area contributed by atoms with E-state index in [-0.39, 0.29) is 0 Å². The van der Waals surface area contributed by atoms with Crippen molar-refractivity contribution in [2.24, 2.45) is 5.73 Å². The normalized spacial score (nSPS) is 13.9.